The fourth-order valence-electron chi connectivity index (χ4n) is 2.83. The Labute approximate surface area is 125 Å². The fourth-order valence-corrected chi connectivity index (χ4v) is 4.14. The van der Waals surface area contributed by atoms with Crippen molar-refractivity contribution in [2.75, 3.05) is 0 Å². The van der Waals surface area contributed by atoms with Crippen molar-refractivity contribution in [3.8, 4) is 0 Å². The fraction of sp³-hybridized carbons (Fsp3) is 0.533. The van der Waals surface area contributed by atoms with Gasteiger partial charge < -0.3 is 5.11 Å². The van der Waals surface area contributed by atoms with Crippen molar-refractivity contribution in [1.82, 2.24) is 4.72 Å². The second-order valence-corrected chi connectivity index (χ2v) is 7.38. The van der Waals surface area contributed by atoms with Crippen molar-refractivity contribution < 1.29 is 18.3 Å². The molecule has 0 amide bonds. The zero-order valence-electron chi connectivity index (χ0n) is 12.1. The second-order valence-electron chi connectivity index (χ2n) is 5.67. The molecule has 1 aromatic rings. The average Bonchev–Trinajstić information content (AvgIpc) is 2.92. The lowest BCUT2D eigenvalue weighted by molar-refractivity contribution is -0.136. The maximum atomic E-state index is 12.3. The zero-order valence-corrected chi connectivity index (χ0v) is 12.9. The Morgan fingerprint density at radius 2 is 1.86 bits per heavy atom. The van der Waals surface area contributed by atoms with Gasteiger partial charge in [0, 0.05) is 6.04 Å². The third-order valence-corrected chi connectivity index (χ3v) is 5.61. The number of carboxylic acids is 1. The van der Waals surface area contributed by atoms with E-state index in [-0.39, 0.29) is 17.4 Å². The van der Waals surface area contributed by atoms with Crippen molar-refractivity contribution >= 4 is 16.0 Å². The molecular formula is C15H21NO4S. The predicted molar refractivity (Wildman–Crippen MR) is 79.5 cm³/mol. The number of hydrogen-bond acceptors (Lipinski definition) is 3. The van der Waals surface area contributed by atoms with Gasteiger partial charge >= 0.3 is 5.97 Å². The van der Waals surface area contributed by atoms with Crippen LogP contribution in [-0.4, -0.2) is 25.5 Å². The monoisotopic (exact) mass is 311 g/mol. The average molecular weight is 311 g/mol. The van der Waals surface area contributed by atoms with Crippen LogP contribution in [-0.2, 0) is 21.2 Å². The maximum Gasteiger partial charge on any atom is 0.307 e. The number of carbonyl (C=O) groups is 1. The summed E-state index contributed by atoms with van der Waals surface area (Å²) in [6.45, 7) is 1.91. The Morgan fingerprint density at radius 3 is 2.38 bits per heavy atom. The molecule has 2 rings (SSSR count). The van der Waals surface area contributed by atoms with E-state index in [1.165, 1.54) is 25.0 Å². The third-order valence-electron chi connectivity index (χ3n) is 4.04. The number of sulfonamides is 1. The summed E-state index contributed by atoms with van der Waals surface area (Å²) in [5.41, 5.74) is 0.588. The number of hydrogen-bond donors (Lipinski definition) is 2. The summed E-state index contributed by atoms with van der Waals surface area (Å²) < 4.78 is 27.3. The van der Waals surface area contributed by atoms with Crippen LogP contribution in [0.4, 0.5) is 0 Å². The lowest BCUT2D eigenvalue weighted by Crippen LogP contribution is -2.37. The molecular weight excluding hydrogens is 290 g/mol. The first-order valence-electron chi connectivity index (χ1n) is 7.21. The Kier molecular flexibility index (Phi) is 5.00. The summed E-state index contributed by atoms with van der Waals surface area (Å²) in [6, 6.07) is 5.94. The molecule has 0 heterocycles. The van der Waals surface area contributed by atoms with Crippen molar-refractivity contribution in [1.29, 1.82) is 0 Å². The normalized spacial score (nSPS) is 17.8. The van der Waals surface area contributed by atoms with Gasteiger partial charge in [0.1, 0.15) is 0 Å². The third kappa shape index (κ3) is 4.28. The smallest absolute Gasteiger partial charge is 0.307 e. The molecule has 0 aliphatic heterocycles. The first-order valence-corrected chi connectivity index (χ1v) is 8.70. The van der Waals surface area contributed by atoms with E-state index < -0.39 is 16.0 Å². The largest absolute Gasteiger partial charge is 0.481 e. The number of nitrogens with one attached hydrogen (secondary N) is 1. The van der Waals surface area contributed by atoms with Crippen LogP contribution in [0.2, 0.25) is 0 Å². The van der Waals surface area contributed by atoms with Crippen LogP contribution in [0.1, 0.15) is 38.2 Å². The van der Waals surface area contributed by atoms with Gasteiger partial charge in [-0.1, -0.05) is 25.0 Å². The molecule has 0 radical (unpaired) electrons. The van der Waals surface area contributed by atoms with Gasteiger partial charge in [-0.3, -0.25) is 4.79 Å². The van der Waals surface area contributed by atoms with Crippen molar-refractivity contribution in [3.05, 3.63) is 29.8 Å². The first-order chi connectivity index (χ1) is 9.88. The van der Waals surface area contributed by atoms with E-state index in [4.69, 9.17) is 5.11 Å². The topological polar surface area (TPSA) is 83.5 Å². The molecule has 6 heteroatoms. The molecule has 1 saturated carbocycles. The van der Waals surface area contributed by atoms with Gasteiger partial charge in [0.25, 0.3) is 0 Å². The van der Waals surface area contributed by atoms with Crippen LogP contribution in [0.15, 0.2) is 29.2 Å². The predicted octanol–water partition coefficient (Wildman–Crippen LogP) is 2.17. The van der Waals surface area contributed by atoms with Crippen LogP contribution in [0.5, 0.6) is 0 Å². The molecule has 1 fully saturated rings. The molecule has 0 saturated heterocycles. The van der Waals surface area contributed by atoms with Gasteiger partial charge in [0.05, 0.1) is 11.3 Å². The van der Waals surface area contributed by atoms with Gasteiger partial charge in [-0.2, -0.15) is 0 Å². The molecule has 1 atom stereocenters. The van der Waals surface area contributed by atoms with E-state index in [0.29, 0.717) is 11.5 Å². The van der Waals surface area contributed by atoms with E-state index in [2.05, 4.69) is 4.72 Å². The highest BCUT2D eigenvalue weighted by molar-refractivity contribution is 7.89. The summed E-state index contributed by atoms with van der Waals surface area (Å²) in [5, 5.41) is 8.71. The summed E-state index contributed by atoms with van der Waals surface area (Å²) in [4.78, 5) is 10.8. The van der Waals surface area contributed by atoms with Crippen LogP contribution >= 0.6 is 0 Å². The van der Waals surface area contributed by atoms with Gasteiger partial charge in [-0.15, -0.1) is 0 Å². The minimum absolute atomic E-state index is 0.0730. The highest BCUT2D eigenvalue weighted by Gasteiger charge is 2.26. The summed E-state index contributed by atoms with van der Waals surface area (Å²) in [6.07, 6.45) is 4.37. The molecule has 21 heavy (non-hydrogen) atoms. The minimum atomic E-state index is -3.54. The van der Waals surface area contributed by atoms with Gasteiger partial charge in [0.15, 0.2) is 0 Å². The molecule has 116 valence electrons. The lowest BCUT2D eigenvalue weighted by atomic mass is 10.0. The number of carboxylic acid groups (broad SMARTS) is 1. The molecule has 1 aliphatic rings. The molecule has 2 N–H and O–H groups in total. The quantitative estimate of drug-likeness (QED) is 0.843. The molecule has 5 nitrogen and oxygen atoms in total. The first kappa shape index (κ1) is 16.0. The van der Waals surface area contributed by atoms with Crippen LogP contribution in [0.3, 0.4) is 0 Å². The summed E-state index contributed by atoms with van der Waals surface area (Å²) in [7, 11) is -3.54. The SMILES string of the molecule is CC(NS(=O)(=O)c1ccc(CC(=O)O)cc1)C1CCCC1. The van der Waals surface area contributed by atoms with Gasteiger partial charge in [-0.25, -0.2) is 13.1 Å². The van der Waals surface area contributed by atoms with Crippen LogP contribution < -0.4 is 4.72 Å². The van der Waals surface area contributed by atoms with Crippen molar-refractivity contribution in [3.63, 3.8) is 0 Å². The van der Waals surface area contributed by atoms with E-state index in [0.717, 1.165) is 12.8 Å². The molecule has 1 unspecified atom stereocenters. The summed E-state index contributed by atoms with van der Waals surface area (Å²) in [5.74, 6) is -0.523. The van der Waals surface area contributed by atoms with Crippen LogP contribution in [0, 0.1) is 5.92 Å². The molecule has 0 spiro atoms. The highest BCUT2D eigenvalue weighted by Crippen LogP contribution is 2.28. The van der Waals surface area contributed by atoms with Crippen LogP contribution in [0.25, 0.3) is 0 Å². The standard InChI is InChI=1S/C15H21NO4S/c1-11(13-4-2-3-5-13)16-21(19,20)14-8-6-12(7-9-14)10-15(17)18/h6-9,11,13,16H,2-5,10H2,1H3,(H,17,18). The Morgan fingerprint density at radius 1 is 1.29 bits per heavy atom. The Bertz CT molecular complexity index is 589. The molecule has 0 bridgehead atoms. The number of benzene rings is 1. The number of rotatable bonds is 6. The van der Waals surface area contributed by atoms with E-state index in [1.807, 2.05) is 6.92 Å². The number of aliphatic carboxylic acids is 1. The lowest BCUT2D eigenvalue weighted by Gasteiger charge is -2.20. The van der Waals surface area contributed by atoms with Crippen molar-refractivity contribution in [2.45, 2.75) is 50.0 Å². The Hall–Kier alpha value is -1.40. The minimum Gasteiger partial charge on any atom is -0.481 e. The molecule has 1 aromatic carbocycles. The molecule has 0 aromatic heterocycles. The molecule has 1 aliphatic carbocycles. The van der Waals surface area contributed by atoms with Gasteiger partial charge in [0.2, 0.25) is 10.0 Å². The van der Waals surface area contributed by atoms with Gasteiger partial charge in [-0.05, 0) is 43.4 Å². The van der Waals surface area contributed by atoms with Crippen molar-refractivity contribution in [2.24, 2.45) is 5.92 Å². The highest BCUT2D eigenvalue weighted by atomic mass is 32.2. The maximum absolute atomic E-state index is 12.3. The van der Waals surface area contributed by atoms with E-state index >= 15 is 0 Å². The summed E-state index contributed by atoms with van der Waals surface area (Å²) >= 11 is 0. The Balaban J connectivity index is 2.06. The van der Waals surface area contributed by atoms with E-state index in [9.17, 15) is 13.2 Å². The second kappa shape index (κ2) is 6.58. The van der Waals surface area contributed by atoms with E-state index in [1.54, 1.807) is 12.1 Å². The zero-order chi connectivity index (χ0) is 15.5.